The topological polar surface area (TPSA) is 119 Å². The maximum absolute atomic E-state index is 13.3. The Morgan fingerprint density at radius 3 is 2.50 bits per heavy atom. The minimum Gasteiger partial charge on any atom is -0.377 e. The predicted molar refractivity (Wildman–Crippen MR) is 126 cm³/mol. The van der Waals surface area contributed by atoms with Gasteiger partial charge in [-0.1, -0.05) is 41.9 Å². The molecule has 1 aliphatic carbocycles. The zero-order valence-corrected chi connectivity index (χ0v) is 20.0. The van der Waals surface area contributed by atoms with Crippen LogP contribution in [0.4, 0.5) is 5.69 Å². The molecule has 2 fully saturated rings. The van der Waals surface area contributed by atoms with Crippen molar-refractivity contribution in [2.75, 3.05) is 19.8 Å². The summed E-state index contributed by atoms with van der Waals surface area (Å²) in [5, 5.41) is 11.0. The smallest absolute Gasteiger partial charge is 0.289 e. The molecule has 0 radical (unpaired) electrons. The highest BCUT2D eigenvalue weighted by atomic mass is 35.5. The van der Waals surface area contributed by atoms with E-state index in [-0.39, 0.29) is 33.8 Å². The summed E-state index contributed by atoms with van der Waals surface area (Å²) in [6.07, 6.45) is 2.13. The molecule has 1 saturated heterocycles. The highest BCUT2D eigenvalue weighted by molar-refractivity contribution is 7.89. The van der Waals surface area contributed by atoms with E-state index >= 15 is 0 Å². The van der Waals surface area contributed by atoms with Crippen LogP contribution in [-0.4, -0.2) is 49.9 Å². The Morgan fingerprint density at radius 1 is 1.12 bits per heavy atom. The molecular weight excluding hydrogens is 482 g/mol. The molecule has 1 unspecified atom stereocenters. The van der Waals surface area contributed by atoms with E-state index in [0.29, 0.717) is 45.4 Å². The number of hydrogen-bond acceptors (Lipinski definition) is 6. The molecule has 1 amide bonds. The van der Waals surface area contributed by atoms with Crippen molar-refractivity contribution in [3.05, 3.63) is 69.2 Å². The second-order valence-electron chi connectivity index (χ2n) is 8.57. The van der Waals surface area contributed by atoms with Crippen molar-refractivity contribution in [2.45, 2.75) is 42.7 Å². The normalized spacial score (nSPS) is 23.4. The number of morpholine rings is 1. The van der Waals surface area contributed by atoms with Crippen molar-refractivity contribution >= 4 is 33.2 Å². The first-order chi connectivity index (χ1) is 16.3. The Kier molecular flexibility index (Phi) is 7.51. The Bertz CT molecular complexity index is 1150. The van der Waals surface area contributed by atoms with Gasteiger partial charge in [0.2, 0.25) is 15.9 Å². The van der Waals surface area contributed by atoms with Gasteiger partial charge in [-0.15, -0.1) is 0 Å². The molecule has 1 N–H and O–H groups in total. The molecule has 0 spiro atoms. The van der Waals surface area contributed by atoms with E-state index in [0.717, 1.165) is 11.6 Å². The molecule has 1 saturated carbocycles. The van der Waals surface area contributed by atoms with Gasteiger partial charge in [0.1, 0.15) is 5.02 Å². The lowest BCUT2D eigenvalue weighted by Gasteiger charge is -2.39. The molecule has 34 heavy (non-hydrogen) atoms. The van der Waals surface area contributed by atoms with Crippen LogP contribution in [0.2, 0.25) is 5.02 Å². The number of carbonyl (C=O) groups excluding carboxylic acids is 1. The van der Waals surface area contributed by atoms with Crippen LogP contribution in [0.15, 0.2) is 53.4 Å². The molecule has 0 bridgehead atoms. The predicted octanol–water partition coefficient (Wildman–Crippen LogP) is 3.69. The first kappa shape index (κ1) is 24.6. The first-order valence-corrected chi connectivity index (χ1v) is 13.0. The van der Waals surface area contributed by atoms with Gasteiger partial charge in [-0.3, -0.25) is 14.9 Å². The fourth-order valence-corrected chi connectivity index (χ4v) is 6.11. The van der Waals surface area contributed by atoms with Crippen molar-refractivity contribution in [3.8, 4) is 0 Å². The second kappa shape index (κ2) is 10.4. The number of benzene rings is 2. The molecule has 4 rings (SSSR count). The van der Waals surface area contributed by atoms with Gasteiger partial charge in [-0.25, -0.2) is 13.1 Å². The van der Waals surface area contributed by atoms with Crippen molar-refractivity contribution in [2.24, 2.45) is 5.92 Å². The third-order valence-corrected chi connectivity index (χ3v) is 8.26. The van der Waals surface area contributed by atoms with E-state index in [9.17, 15) is 23.3 Å². The summed E-state index contributed by atoms with van der Waals surface area (Å²) in [5.41, 5.74) is 0.575. The Labute approximate surface area is 203 Å². The van der Waals surface area contributed by atoms with Crippen LogP contribution in [0.3, 0.4) is 0 Å². The fraction of sp³-hybridized carbons (Fsp3) is 0.435. The standard InChI is InChI=1S/C23H26ClN3O6S/c24-20-11-10-19(14-21(20)27(29)30)34(31,32)25-18-8-6-17(7-9-18)23(28)26-12-13-33-15-22(26)16-4-2-1-3-5-16/h1-5,10-11,14,17-18,22,25H,6-9,12-13,15H2/t17-,18-,22?. The van der Waals surface area contributed by atoms with Crippen molar-refractivity contribution < 1.29 is 22.9 Å². The van der Waals surface area contributed by atoms with E-state index in [4.69, 9.17) is 16.3 Å². The summed E-state index contributed by atoms with van der Waals surface area (Å²) in [6.45, 7) is 1.48. The molecule has 9 nitrogen and oxygen atoms in total. The third-order valence-electron chi connectivity index (χ3n) is 6.42. The van der Waals surface area contributed by atoms with E-state index in [1.165, 1.54) is 12.1 Å². The van der Waals surface area contributed by atoms with Crippen molar-refractivity contribution in [1.29, 1.82) is 0 Å². The highest BCUT2D eigenvalue weighted by Gasteiger charge is 2.36. The van der Waals surface area contributed by atoms with Crippen molar-refractivity contribution in [1.82, 2.24) is 9.62 Å². The number of nitrogens with one attached hydrogen (secondary N) is 1. The quantitative estimate of drug-likeness (QED) is 0.470. The monoisotopic (exact) mass is 507 g/mol. The summed E-state index contributed by atoms with van der Waals surface area (Å²) in [6, 6.07) is 12.7. The van der Waals surface area contributed by atoms with Crippen LogP contribution in [0.5, 0.6) is 0 Å². The number of carbonyl (C=O) groups is 1. The van der Waals surface area contributed by atoms with Crippen LogP contribution < -0.4 is 4.72 Å². The molecule has 11 heteroatoms. The van der Waals surface area contributed by atoms with Gasteiger partial charge in [0.05, 0.1) is 29.1 Å². The Hall–Kier alpha value is -2.53. The molecule has 2 aromatic carbocycles. The largest absolute Gasteiger partial charge is 0.377 e. The molecule has 1 heterocycles. The Balaban J connectivity index is 1.39. The minimum atomic E-state index is -3.96. The average molecular weight is 508 g/mol. The number of halogens is 1. The number of sulfonamides is 1. The number of hydrogen-bond donors (Lipinski definition) is 1. The van der Waals surface area contributed by atoms with E-state index in [1.807, 2.05) is 35.2 Å². The minimum absolute atomic E-state index is 0.0757. The van der Waals surface area contributed by atoms with Gasteiger partial charge in [0, 0.05) is 24.6 Å². The van der Waals surface area contributed by atoms with Gasteiger partial charge < -0.3 is 9.64 Å². The number of rotatable bonds is 6. The van der Waals surface area contributed by atoms with Crippen LogP contribution in [0.1, 0.15) is 37.3 Å². The molecule has 182 valence electrons. The van der Waals surface area contributed by atoms with Gasteiger partial charge in [0.25, 0.3) is 5.69 Å². The molecular formula is C23H26ClN3O6S. The van der Waals surface area contributed by atoms with Crippen LogP contribution in [0.25, 0.3) is 0 Å². The van der Waals surface area contributed by atoms with Gasteiger partial charge in [0.15, 0.2) is 0 Å². The lowest BCUT2D eigenvalue weighted by Crippen LogP contribution is -2.47. The molecule has 1 atom stereocenters. The second-order valence-corrected chi connectivity index (χ2v) is 10.7. The maximum atomic E-state index is 13.3. The summed E-state index contributed by atoms with van der Waals surface area (Å²) >= 11 is 5.79. The number of nitro groups is 1. The summed E-state index contributed by atoms with van der Waals surface area (Å²) in [4.78, 5) is 25.4. The van der Waals surface area contributed by atoms with Gasteiger partial charge >= 0.3 is 0 Å². The summed E-state index contributed by atoms with van der Waals surface area (Å²) < 4.78 is 33.8. The molecule has 1 aliphatic heterocycles. The number of nitro benzene ring substituents is 1. The molecule has 0 aromatic heterocycles. The zero-order chi connectivity index (χ0) is 24.3. The van der Waals surface area contributed by atoms with Crippen molar-refractivity contribution in [3.63, 3.8) is 0 Å². The van der Waals surface area contributed by atoms with Crippen LogP contribution in [0, 0.1) is 16.0 Å². The van der Waals surface area contributed by atoms with E-state index in [2.05, 4.69) is 4.72 Å². The fourth-order valence-electron chi connectivity index (χ4n) is 4.60. The zero-order valence-electron chi connectivity index (χ0n) is 18.4. The lowest BCUT2D eigenvalue weighted by atomic mass is 9.85. The maximum Gasteiger partial charge on any atom is 0.289 e. The van der Waals surface area contributed by atoms with E-state index in [1.54, 1.807) is 0 Å². The number of ether oxygens (including phenoxy) is 1. The summed E-state index contributed by atoms with van der Waals surface area (Å²) in [7, 11) is -3.96. The molecule has 2 aromatic rings. The van der Waals surface area contributed by atoms with Gasteiger partial charge in [-0.05, 0) is 43.4 Å². The molecule has 2 aliphatic rings. The van der Waals surface area contributed by atoms with Crippen LogP contribution in [-0.2, 0) is 19.6 Å². The SMILES string of the molecule is O=C([C@H]1CC[C@H](NS(=O)(=O)c2ccc(Cl)c([N+](=O)[O-])c2)CC1)N1CCOCC1c1ccccc1. The summed E-state index contributed by atoms with van der Waals surface area (Å²) in [5.74, 6) is -0.103. The van der Waals surface area contributed by atoms with Crippen LogP contribution >= 0.6 is 11.6 Å². The lowest BCUT2D eigenvalue weighted by molar-refractivity contribution is -0.384. The average Bonchev–Trinajstić information content (AvgIpc) is 2.84. The highest BCUT2D eigenvalue weighted by Crippen LogP contribution is 2.32. The first-order valence-electron chi connectivity index (χ1n) is 11.2. The number of nitrogens with zero attached hydrogens (tertiary/aromatic N) is 2. The van der Waals surface area contributed by atoms with E-state index < -0.39 is 20.6 Å². The Morgan fingerprint density at radius 2 is 1.82 bits per heavy atom. The van der Waals surface area contributed by atoms with Gasteiger partial charge in [-0.2, -0.15) is 0 Å². The third kappa shape index (κ3) is 5.41. The number of amides is 1.